The summed E-state index contributed by atoms with van der Waals surface area (Å²) in [6, 6.07) is 8.43. The molecule has 162 valence electrons. The van der Waals surface area contributed by atoms with Crippen LogP contribution in [-0.2, 0) is 10.2 Å². The Kier molecular flexibility index (Phi) is 9.52. The van der Waals surface area contributed by atoms with Gasteiger partial charge in [-0.2, -0.15) is 0 Å². The molecular formula is C22H35IN4O2. The molecule has 0 aromatic heterocycles. The zero-order valence-electron chi connectivity index (χ0n) is 17.7. The van der Waals surface area contributed by atoms with Gasteiger partial charge in [0.25, 0.3) is 0 Å². The lowest BCUT2D eigenvalue weighted by atomic mass is 9.78. The number of hydrogen-bond donors (Lipinski definition) is 2. The average molecular weight is 514 g/mol. The van der Waals surface area contributed by atoms with Gasteiger partial charge < -0.3 is 20.3 Å². The summed E-state index contributed by atoms with van der Waals surface area (Å²) in [5.74, 6) is 1.75. The Hall–Kier alpha value is -1.51. The summed E-state index contributed by atoms with van der Waals surface area (Å²) in [6.45, 7) is 5.59. The third-order valence-electron chi connectivity index (χ3n) is 6.01. The Labute approximate surface area is 191 Å². The Bertz CT molecular complexity index is 683. The molecule has 0 spiro atoms. The van der Waals surface area contributed by atoms with Gasteiger partial charge in [0, 0.05) is 31.6 Å². The SMILES string of the molecule is CCNC(=NCC(=O)N1CCCC1)NCC1(c2cccc(OC)c2)CCCC1.I. The molecule has 1 aromatic carbocycles. The van der Waals surface area contributed by atoms with Crippen molar-refractivity contribution < 1.29 is 9.53 Å². The van der Waals surface area contributed by atoms with Crippen LogP contribution in [0.2, 0.25) is 0 Å². The molecule has 7 heteroatoms. The molecule has 2 aliphatic rings. The summed E-state index contributed by atoms with van der Waals surface area (Å²) in [5.41, 5.74) is 1.41. The Balaban J connectivity index is 0.00000300. The van der Waals surface area contributed by atoms with Gasteiger partial charge in [0.05, 0.1) is 7.11 Å². The van der Waals surface area contributed by atoms with Gasteiger partial charge in [-0.3, -0.25) is 4.79 Å². The van der Waals surface area contributed by atoms with Gasteiger partial charge in [-0.25, -0.2) is 4.99 Å². The minimum atomic E-state index is 0. The number of carbonyl (C=O) groups is 1. The number of ether oxygens (including phenoxy) is 1. The normalized spacial score (nSPS) is 18.3. The van der Waals surface area contributed by atoms with E-state index >= 15 is 0 Å². The number of benzene rings is 1. The van der Waals surface area contributed by atoms with Crippen molar-refractivity contribution in [2.45, 2.75) is 50.9 Å². The molecule has 2 fully saturated rings. The first-order chi connectivity index (χ1) is 13.7. The molecule has 1 aliphatic heterocycles. The van der Waals surface area contributed by atoms with Crippen molar-refractivity contribution in [3.8, 4) is 5.75 Å². The van der Waals surface area contributed by atoms with Crippen molar-refractivity contribution in [1.29, 1.82) is 0 Å². The van der Waals surface area contributed by atoms with Crippen LogP contribution < -0.4 is 15.4 Å². The van der Waals surface area contributed by atoms with E-state index in [0.29, 0.717) is 0 Å². The van der Waals surface area contributed by atoms with Gasteiger partial charge in [-0.1, -0.05) is 25.0 Å². The van der Waals surface area contributed by atoms with Gasteiger partial charge in [0.15, 0.2) is 5.96 Å². The number of guanidine groups is 1. The van der Waals surface area contributed by atoms with E-state index in [4.69, 9.17) is 4.74 Å². The quantitative estimate of drug-likeness (QED) is 0.333. The second-order valence-electron chi connectivity index (χ2n) is 7.86. The summed E-state index contributed by atoms with van der Waals surface area (Å²) in [4.78, 5) is 18.8. The van der Waals surface area contributed by atoms with E-state index in [1.807, 2.05) is 17.9 Å². The monoisotopic (exact) mass is 514 g/mol. The zero-order chi connectivity index (χ0) is 19.8. The molecular weight excluding hydrogens is 479 g/mol. The van der Waals surface area contributed by atoms with Crippen LogP contribution in [0.15, 0.2) is 29.3 Å². The lowest BCUT2D eigenvalue weighted by Crippen LogP contribution is -2.45. The number of methoxy groups -OCH3 is 1. The minimum absolute atomic E-state index is 0. The maximum Gasteiger partial charge on any atom is 0.244 e. The number of nitrogens with one attached hydrogen (secondary N) is 2. The Morgan fingerprint density at radius 1 is 1.17 bits per heavy atom. The second-order valence-corrected chi connectivity index (χ2v) is 7.86. The number of carbonyl (C=O) groups excluding carboxylic acids is 1. The van der Waals surface area contributed by atoms with Crippen molar-refractivity contribution >= 4 is 35.8 Å². The Morgan fingerprint density at radius 2 is 1.90 bits per heavy atom. The third kappa shape index (κ3) is 6.23. The molecule has 1 amide bonds. The maximum absolute atomic E-state index is 12.3. The van der Waals surface area contributed by atoms with Crippen LogP contribution in [0.5, 0.6) is 5.75 Å². The molecule has 1 saturated carbocycles. The van der Waals surface area contributed by atoms with Crippen molar-refractivity contribution in [2.24, 2.45) is 4.99 Å². The summed E-state index contributed by atoms with van der Waals surface area (Å²) in [6.07, 6.45) is 6.99. The molecule has 6 nitrogen and oxygen atoms in total. The molecule has 1 aromatic rings. The topological polar surface area (TPSA) is 66.0 Å². The highest BCUT2D eigenvalue weighted by Crippen LogP contribution is 2.41. The second kappa shape index (κ2) is 11.6. The third-order valence-corrected chi connectivity index (χ3v) is 6.01. The van der Waals surface area contributed by atoms with E-state index in [-0.39, 0.29) is 41.8 Å². The molecule has 3 rings (SSSR count). The van der Waals surface area contributed by atoms with Crippen LogP contribution in [0, 0.1) is 0 Å². The maximum atomic E-state index is 12.3. The summed E-state index contributed by atoms with van der Waals surface area (Å²) in [5, 5.41) is 6.80. The van der Waals surface area contributed by atoms with Crippen molar-refractivity contribution in [3.05, 3.63) is 29.8 Å². The van der Waals surface area contributed by atoms with E-state index in [2.05, 4.69) is 33.8 Å². The Morgan fingerprint density at radius 3 is 2.55 bits per heavy atom. The minimum Gasteiger partial charge on any atom is -0.497 e. The predicted octanol–water partition coefficient (Wildman–Crippen LogP) is 3.30. The highest BCUT2D eigenvalue weighted by atomic mass is 127. The number of amides is 1. The fraction of sp³-hybridized carbons (Fsp3) is 0.636. The highest BCUT2D eigenvalue weighted by molar-refractivity contribution is 14.0. The number of halogens is 1. The molecule has 1 saturated heterocycles. The van der Waals surface area contributed by atoms with Crippen molar-refractivity contribution in [2.75, 3.05) is 39.8 Å². The standard InChI is InChI=1S/C22H34N4O2.HI/c1-3-23-21(24-16-20(27)26-13-6-7-14-26)25-17-22(11-4-5-12-22)18-9-8-10-19(15-18)28-2;/h8-10,15H,3-7,11-14,16-17H2,1-2H3,(H2,23,24,25);1H. The van der Waals surface area contributed by atoms with Crippen LogP contribution in [-0.4, -0.2) is 56.6 Å². The number of hydrogen-bond acceptors (Lipinski definition) is 3. The molecule has 1 aliphatic carbocycles. The van der Waals surface area contributed by atoms with Crippen LogP contribution in [0.1, 0.15) is 51.0 Å². The predicted molar refractivity (Wildman–Crippen MR) is 128 cm³/mol. The summed E-state index contributed by atoms with van der Waals surface area (Å²) < 4.78 is 5.44. The molecule has 1 heterocycles. The fourth-order valence-corrected chi connectivity index (χ4v) is 4.38. The van der Waals surface area contributed by atoms with Crippen molar-refractivity contribution in [3.63, 3.8) is 0 Å². The fourth-order valence-electron chi connectivity index (χ4n) is 4.38. The van der Waals surface area contributed by atoms with Crippen LogP contribution in [0.4, 0.5) is 0 Å². The summed E-state index contributed by atoms with van der Waals surface area (Å²) in [7, 11) is 1.71. The largest absolute Gasteiger partial charge is 0.497 e. The molecule has 0 radical (unpaired) electrons. The van der Waals surface area contributed by atoms with E-state index in [1.54, 1.807) is 7.11 Å². The number of likely N-dealkylation sites (tertiary alicyclic amines) is 1. The first kappa shape index (κ1) is 23.8. The number of nitrogens with zero attached hydrogens (tertiary/aromatic N) is 2. The molecule has 2 N–H and O–H groups in total. The lowest BCUT2D eigenvalue weighted by Gasteiger charge is -2.31. The molecule has 0 unspecified atom stereocenters. The molecule has 0 bridgehead atoms. The van der Waals surface area contributed by atoms with Gasteiger partial charge >= 0.3 is 0 Å². The number of aliphatic imine (C=N–C) groups is 1. The van der Waals surface area contributed by atoms with Gasteiger partial charge in [-0.05, 0) is 50.3 Å². The smallest absolute Gasteiger partial charge is 0.244 e. The van der Waals surface area contributed by atoms with Gasteiger partial charge in [0.1, 0.15) is 12.3 Å². The van der Waals surface area contributed by atoms with E-state index < -0.39 is 0 Å². The average Bonchev–Trinajstić information content (AvgIpc) is 3.43. The lowest BCUT2D eigenvalue weighted by molar-refractivity contribution is -0.128. The van der Waals surface area contributed by atoms with Crippen molar-refractivity contribution in [1.82, 2.24) is 15.5 Å². The zero-order valence-corrected chi connectivity index (χ0v) is 20.0. The van der Waals surface area contributed by atoms with E-state index in [1.165, 1.54) is 18.4 Å². The first-order valence-electron chi connectivity index (χ1n) is 10.6. The molecule has 29 heavy (non-hydrogen) atoms. The van der Waals surface area contributed by atoms with Crippen LogP contribution in [0.25, 0.3) is 0 Å². The van der Waals surface area contributed by atoms with E-state index in [9.17, 15) is 4.79 Å². The first-order valence-corrected chi connectivity index (χ1v) is 10.6. The van der Waals surface area contributed by atoms with Crippen LogP contribution in [0.3, 0.4) is 0 Å². The summed E-state index contributed by atoms with van der Waals surface area (Å²) >= 11 is 0. The van der Waals surface area contributed by atoms with Crippen LogP contribution >= 0.6 is 24.0 Å². The van der Waals surface area contributed by atoms with Gasteiger partial charge in [0.2, 0.25) is 5.91 Å². The van der Waals surface area contributed by atoms with Gasteiger partial charge in [-0.15, -0.1) is 24.0 Å². The highest BCUT2D eigenvalue weighted by Gasteiger charge is 2.36. The van der Waals surface area contributed by atoms with E-state index in [0.717, 1.165) is 63.6 Å². The number of rotatable bonds is 7. The molecule has 0 atom stereocenters.